The summed E-state index contributed by atoms with van der Waals surface area (Å²) >= 11 is 1.64. The minimum Gasteiger partial charge on any atom is -0.338 e. The number of amides is 3. The van der Waals surface area contributed by atoms with Gasteiger partial charge in [0.15, 0.2) is 5.78 Å². The van der Waals surface area contributed by atoms with E-state index in [-0.39, 0.29) is 41.8 Å². The van der Waals surface area contributed by atoms with Crippen LogP contribution < -0.4 is 5.32 Å². The Morgan fingerprint density at radius 2 is 1.74 bits per heavy atom. The fraction of sp³-hybridized carbons (Fsp3) is 0.367. The van der Waals surface area contributed by atoms with Crippen molar-refractivity contribution in [3.8, 4) is 10.4 Å². The van der Waals surface area contributed by atoms with Crippen molar-refractivity contribution >= 4 is 34.8 Å². The summed E-state index contributed by atoms with van der Waals surface area (Å²) in [7, 11) is 0. The number of fused-ring (bicyclic) bond motifs is 1. The maximum atomic E-state index is 14.2. The van der Waals surface area contributed by atoms with Crippen LogP contribution in [-0.4, -0.2) is 69.0 Å². The van der Waals surface area contributed by atoms with Crippen molar-refractivity contribution in [2.45, 2.75) is 56.1 Å². The summed E-state index contributed by atoms with van der Waals surface area (Å²) in [6.45, 7) is 0.337. The molecule has 1 aliphatic carbocycles. The lowest BCUT2D eigenvalue weighted by atomic mass is 9.80. The number of thiophene rings is 1. The summed E-state index contributed by atoms with van der Waals surface area (Å²) in [6, 6.07) is 15.5. The maximum Gasteiger partial charge on any atom is 0.273 e. The van der Waals surface area contributed by atoms with E-state index in [1.165, 1.54) is 0 Å². The van der Waals surface area contributed by atoms with Crippen LogP contribution in [0, 0.1) is 0 Å². The molecule has 0 bridgehead atoms. The molecule has 39 heavy (non-hydrogen) atoms. The zero-order valence-electron chi connectivity index (χ0n) is 21.5. The molecule has 8 nitrogen and oxygen atoms in total. The van der Waals surface area contributed by atoms with Crippen molar-refractivity contribution in [2.24, 2.45) is 0 Å². The number of ketones is 1. The first-order valence-corrected chi connectivity index (χ1v) is 14.4. The van der Waals surface area contributed by atoms with Gasteiger partial charge in [-0.15, -0.1) is 11.3 Å². The van der Waals surface area contributed by atoms with Crippen LogP contribution >= 0.6 is 11.3 Å². The Morgan fingerprint density at radius 3 is 2.44 bits per heavy atom. The lowest BCUT2D eigenvalue weighted by Gasteiger charge is -2.40. The standard InChI is InChI=1S/C30H30N4O4S/c35-24-19-34(28(37)22-7-2-5-16-31-22)23-13-17-33(26(23)24)29(38)30(14-3-1-4-15-30)32-27(36)21-11-9-20(10-12-21)25-8-6-18-39-25/h2,5-12,16,18,23,26H,1,3-4,13-15,17,19H2,(H,32,36). The maximum absolute atomic E-state index is 14.2. The molecule has 1 saturated carbocycles. The van der Waals surface area contributed by atoms with Crippen molar-refractivity contribution in [1.82, 2.24) is 20.1 Å². The average Bonchev–Trinajstić information content (AvgIpc) is 3.73. The van der Waals surface area contributed by atoms with Gasteiger partial charge in [0.1, 0.15) is 17.3 Å². The number of aromatic nitrogens is 1. The Hall–Kier alpha value is -3.85. The van der Waals surface area contributed by atoms with E-state index >= 15 is 0 Å². The van der Waals surface area contributed by atoms with Gasteiger partial charge in [-0.3, -0.25) is 24.2 Å². The zero-order valence-corrected chi connectivity index (χ0v) is 22.4. The van der Waals surface area contributed by atoms with Gasteiger partial charge in [0.25, 0.3) is 11.8 Å². The first-order chi connectivity index (χ1) is 19.0. The third-order valence-corrected chi connectivity index (χ3v) is 9.17. The summed E-state index contributed by atoms with van der Waals surface area (Å²) < 4.78 is 0. The van der Waals surface area contributed by atoms with E-state index < -0.39 is 11.6 Å². The first-order valence-electron chi connectivity index (χ1n) is 13.5. The predicted molar refractivity (Wildman–Crippen MR) is 147 cm³/mol. The highest BCUT2D eigenvalue weighted by Crippen LogP contribution is 2.37. The molecule has 2 aromatic heterocycles. The van der Waals surface area contributed by atoms with Gasteiger partial charge in [-0.1, -0.05) is 43.5 Å². The Labute approximate surface area is 231 Å². The number of likely N-dealkylation sites (tertiary alicyclic amines) is 2. The van der Waals surface area contributed by atoms with E-state index in [0.717, 1.165) is 29.7 Å². The molecule has 4 heterocycles. The minimum atomic E-state index is -1.06. The molecule has 0 radical (unpaired) electrons. The van der Waals surface area contributed by atoms with Crippen molar-refractivity contribution in [3.05, 3.63) is 77.4 Å². The molecule has 1 N–H and O–H groups in total. The van der Waals surface area contributed by atoms with Crippen LogP contribution in [0.5, 0.6) is 0 Å². The van der Waals surface area contributed by atoms with Gasteiger partial charge in [0, 0.05) is 23.2 Å². The molecule has 2 aliphatic heterocycles. The van der Waals surface area contributed by atoms with E-state index in [1.807, 2.05) is 29.6 Å². The summed E-state index contributed by atoms with van der Waals surface area (Å²) in [6.07, 6.45) is 5.78. The molecule has 3 fully saturated rings. The van der Waals surface area contributed by atoms with Crippen LogP contribution in [0.2, 0.25) is 0 Å². The van der Waals surface area contributed by atoms with Crippen LogP contribution in [0.15, 0.2) is 66.2 Å². The van der Waals surface area contributed by atoms with Crippen molar-refractivity contribution in [1.29, 1.82) is 0 Å². The molecule has 6 rings (SSSR count). The first kappa shape index (κ1) is 25.4. The minimum absolute atomic E-state index is 0.0372. The molecular weight excluding hydrogens is 512 g/mol. The van der Waals surface area contributed by atoms with E-state index in [0.29, 0.717) is 31.4 Å². The SMILES string of the molecule is O=C(NC1(C(=O)N2CCC3C2C(=O)CN3C(=O)c2ccccn2)CCCCC1)c1ccc(-c2cccs2)cc1. The molecule has 2 atom stereocenters. The highest BCUT2D eigenvalue weighted by Gasteiger charge is 2.55. The number of Topliss-reactive ketones (excluding diaryl/α,β-unsaturated/α-hetero) is 1. The smallest absolute Gasteiger partial charge is 0.273 e. The molecule has 200 valence electrons. The van der Waals surface area contributed by atoms with E-state index in [4.69, 9.17) is 0 Å². The molecule has 3 aliphatic rings. The number of hydrogen-bond acceptors (Lipinski definition) is 6. The second kappa shape index (κ2) is 10.4. The van der Waals surface area contributed by atoms with Gasteiger partial charge in [0.05, 0.1) is 12.6 Å². The van der Waals surface area contributed by atoms with Crippen molar-refractivity contribution < 1.29 is 19.2 Å². The highest BCUT2D eigenvalue weighted by atomic mass is 32.1. The molecular formula is C30H30N4O4S. The third kappa shape index (κ3) is 4.65. The zero-order chi connectivity index (χ0) is 27.0. The number of nitrogens with one attached hydrogen (secondary N) is 1. The lowest BCUT2D eigenvalue weighted by Crippen LogP contribution is -2.62. The summed E-state index contributed by atoms with van der Waals surface area (Å²) in [5, 5.41) is 5.12. The highest BCUT2D eigenvalue weighted by molar-refractivity contribution is 7.13. The van der Waals surface area contributed by atoms with E-state index in [1.54, 1.807) is 57.7 Å². The van der Waals surface area contributed by atoms with Crippen molar-refractivity contribution in [3.63, 3.8) is 0 Å². The third-order valence-electron chi connectivity index (χ3n) is 8.25. The van der Waals surface area contributed by atoms with Crippen LogP contribution in [-0.2, 0) is 9.59 Å². The van der Waals surface area contributed by atoms with Gasteiger partial charge in [-0.05, 0) is 60.5 Å². The normalized spacial score (nSPS) is 22.0. The predicted octanol–water partition coefficient (Wildman–Crippen LogP) is 3.94. The number of benzene rings is 1. The summed E-state index contributed by atoms with van der Waals surface area (Å²) in [5.74, 6) is -0.934. The second-order valence-corrected chi connectivity index (χ2v) is 11.5. The van der Waals surface area contributed by atoms with Crippen LogP contribution in [0.25, 0.3) is 10.4 Å². The number of pyridine rings is 1. The number of nitrogens with zero attached hydrogens (tertiary/aromatic N) is 3. The summed E-state index contributed by atoms with van der Waals surface area (Å²) in [5.41, 5.74) is 0.765. The van der Waals surface area contributed by atoms with Gasteiger partial charge >= 0.3 is 0 Å². The van der Waals surface area contributed by atoms with Crippen LogP contribution in [0.1, 0.15) is 59.4 Å². The molecule has 3 aromatic rings. The Bertz CT molecular complexity index is 1380. The van der Waals surface area contributed by atoms with Gasteiger partial charge in [-0.2, -0.15) is 0 Å². The monoisotopic (exact) mass is 542 g/mol. The lowest BCUT2D eigenvalue weighted by molar-refractivity contribution is -0.143. The fourth-order valence-corrected chi connectivity index (χ4v) is 7.03. The average molecular weight is 543 g/mol. The van der Waals surface area contributed by atoms with Crippen LogP contribution in [0.3, 0.4) is 0 Å². The molecule has 2 unspecified atom stereocenters. The molecule has 2 saturated heterocycles. The second-order valence-electron chi connectivity index (χ2n) is 10.6. The Kier molecular flexibility index (Phi) is 6.76. The van der Waals surface area contributed by atoms with Gasteiger partial charge in [0.2, 0.25) is 5.91 Å². The fourth-order valence-electron chi connectivity index (χ4n) is 6.30. The quantitative estimate of drug-likeness (QED) is 0.527. The van der Waals surface area contributed by atoms with Gasteiger partial charge in [-0.25, -0.2) is 0 Å². The van der Waals surface area contributed by atoms with Crippen molar-refractivity contribution in [2.75, 3.05) is 13.1 Å². The Balaban J connectivity index is 1.21. The summed E-state index contributed by atoms with van der Waals surface area (Å²) in [4.78, 5) is 62.4. The molecule has 0 spiro atoms. The van der Waals surface area contributed by atoms with Crippen LogP contribution in [0.4, 0.5) is 0 Å². The van der Waals surface area contributed by atoms with Gasteiger partial charge < -0.3 is 15.1 Å². The topological polar surface area (TPSA) is 99.7 Å². The number of carbonyl (C=O) groups excluding carboxylic acids is 4. The van der Waals surface area contributed by atoms with E-state index in [9.17, 15) is 19.2 Å². The Morgan fingerprint density at radius 1 is 0.949 bits per heavy atom. The molecule has 3 amide bonds. The number of carbonyl (C=O) groups is 4. The molecule has 9 heteroatoms. The number of hydrogen-bond donors (Lipinski definition) is 1. The molecule has 1 aromatic carbocycles. The van der Waals surface area contributed by atoms with E-state index in [2.05, 4.69) is 10.3 Å². The number of rotatable bonds is 5. The largest absolute Gasteiger partial charge is 0.338 e.